The van der Waals surface area contributed by atoms with Gasteiger partial charge in [0.25, 0.3) is 0 Å². The van der Waals surface area contributed by atoms with Crippen molar-refractivity contribution in [3.8, 4) is 5.75 Å². The van der Waals surface area contributed by atoms with Gasteiger partial charge < -0.3 is 9.84 Å². The van der Waals surface area contributed by atoms with Crippen LogP contribution in [0.3, 0.4) is 0 Å². The minimum Gasteiger partial charge on any atom is -0.487 e. The van der Waals surface area contributed by atoms with Crippen molar-refractivity contribution in [1.29, 1.82) is 0 Å². The third-order valence-electron chi connectivity index (χ3n) is 2.14. The number of carbonyl (C=O) groups is 1. The zero-order chi connectivity index (χ0) is 13.0. The summed E-state index contributed by atoms with van der Waals surface area (Å²) >= 11 is 6.94. The second-order valence-corrected chi connectivity index (χ2v) is 4.86. The number of carboxylic acid groups (broad SMARTS) is 1. The van der Waals surface area contributed by atoms with Crippen molar-refractivity contribution in [3.05, 3.63) is 39.9 Å². The number of aromatic nitrogens is 2. The molecule has 0 radical (unpaired) electrons. The molecule has 0 atom stereocenters. The second kappa shape index (κ2) is 5.79. The second-order valence-electron chi connectivity index (χ2n) is 3.50. The molecule has 0 amide bonds. The maximum atomic E-state index is 10.6. The maximum absolute atomic E-state index is 10.6. The van der Waals surface area contributed by atoms with Crippen LogP contribution in [0.5, 0.6) is 5.75 Å². The molecule has 1 heterocycles. The fraction of sp³-hybridized carbons (Fsp3) is 0.182. The van der Waals surface area contributed by atoms with Crippen LogP contribution in [0.4, 0.5) is 0 Å². The van der Waals surface area contributed by atoms with Crippen molar-refractivity contribution in [1.82, 2.24) is 9.59 Å². The molecule has 2 rings (SSSR count). The number of carboxylic acids is 1. The van der Waals surface area contributed by atoms with Gasteiger partial charge in [0.05, 0.1) is 6.42 Å². The van der Waals surface area contributed by atoms with Crippen molar-refractivity contribution in [2.75, 3.05) is 0 Å². The Morgan fingerprint density at radius 2 is 2.33 bits per heavy atom. The molecular weight excluding hydrogens is 276 g/mol. The average Bonchev–Trinajstić information content (AvgIpc) is 2.72. The number of hydrogen-bond donors (Lipinski definition) is 1. The van der Waals surface area contributed by atoms with Crippen LogP contribution in [0.2, 0.25) is 4.34 Å². The van der Waals surface area contributed by atoms with E-state index in [0.29, 0.717) is 21.3 Å². The Labute approximate surface area is 112 Å². The molecule has 5 nitrogen and oxygen atoms in total. The monoisotopic (exact) mass is 284 g/mol. The fourth-order valence-electron chi connectivity index (χ4n) is 1.35. The fourth-order valence-corrected chi connectivity index (χ4v) is 1.96. The predicted molar refractivity (Wildman–Crippen MR) is 67.0 cm³/mol. The van der Waals surface area contributed by atoms with Gasteiger partial charge in [-0.25, -0.2) is 0 Å². The molecule has 0 aliphatic rings. The number of rotatable bonds is 5. The summed E-state index contributed by atoms with van der Waals surface area (Å²) in [4.78, 5) is 10.6. The van der Waals surface area contributed by atoms with Gasteiger partial charge in [0, 0.05) is 11.5 Å². The highest BCUT2D eigenvalue weighted by atomic mass is 35.5. The molecule has 1 N–H and O–H groups in total. The quantitative estimate of drug-likeness (QED) is 0.913. The largest absolute Gasteiger partial charge is 0.487 e. The number of nitrogens with zero attached hydrogens (tertiary/aromatic N) is 2. The Morgan fingerprint density at radius 3 is 3.00 bits per heavy atom. The number of benzene rings is 1. The lowest BCUT2D eigenvalue weighted by molar-refractivity contribution is -0.136. The lowest BCUT2D eigenvalue weighted by Gasteiger charge is -2.05. The van der Waals surface area contributed by atoms with Crippen LogP contribution in [0.1, 0.15) is 11.3 Å². The van der Waals surface area contributed by atoms with Gasteiger partial charge in [-0.15, -0.1) is 5.10 Å². The Morgan fingerprint density at radius 1 is 1.50 bits per heavy atom. The van der Waals surface area contributed by atoms with Crippen LogP contribution in [0.25, 0.3) is 0 Å². The number of hydrogen-bond acceptors (Lipinski definition) is 5. The van der Waals surface area contributed by atoms with E-state index in [1.165, 1.54) is 0 Å². The predicted octanol–water partition coefficient (Wildman–Crippen LogP) is 2.40. The molecular formula is C11H9ClN2O3S. The first-order valence-corrected chi connectivity index (χ1v) is 6.20. The summed E-state index contributed by atoms with van der Waals surface area (Å²) in [5.74, 6) is -0.295. The van der Waals surface area contributed by atoms with E-state index in [1.54, 1.807) is 24.3 Å². The van der Waals surface area contributed by atoms with Gasteiger partial charge in [-0.05, 0) is 17.7 Å². The molecule has 94 valence electrons. The van der Waals surface area contributed by atoms with Crippen LogP contribution in [-0.2, 0) is 17.8 Å². The van der Waals surface area contributed by atoms with Crippen molar-refractivity contribution in [2.45, 2.75) is 13.0 Å². The first-order valence-electron chi connectivity index (χ1n) is 5.05. The van der Waals surface area contributed by atoms with Crippen LogP contribution >= 0.6 is 23.1 Å². The van der Waals surface area contributed by atoms with Gasteiger partial charge in [-0.2, -0.15) is 0 Å². The maximum Gasteiger partial charge on any atom is 0.307 e. The molecule has 0 spiro atoms. The smallest absolute Gasteiger partial charge is 0.307 e. The molecule has 0 aliphatic carbocycles. The van der Waals surface area contributed by atoms with E-state index in [2.05, 4.69) is 9.59 Å². The van der Waals surface area contributed by atoms with Crippen molar-refractivity contribution < 1.29 is 14.6 Å². The van der Waals surface area contributed by atoms with E-state index >= 15 is 0 Å². The van der Waals surface area contributed by atoms with E-state index in [0.717, 1.165) is 11.5 Å². The van der Waals surface area contributed by atoms with Gasteiger partial charge in [0.15, 0.2) is 0 Å². The molecule has 0 saturated carbocycles. The van der Waals surface area contributed by atoms with E-state index in [4.69, 9.17) is 21.4 Å². The van der Waals surface area contributed by atoms with Crippen molar-refractivity contribution in [3.63, 3.8) is 0 Å². The molecule has 18 heavy (non-hydrogen) atoms. The summed E-state index contributed by atoms with van der Waals surface area (Å²) in [6, 6.07) is 6.91. The summed E-state index contributed by atoms with van der Waals surface area (Å²) in [6.45, 7) is 0.214. The third kappa shape index (κ3) is 3.41. The van der Waals surface area contributed by atoms with Gasteiger partial charge in [0.2, 0.25) is 0 Å². The van der Waals surface area contributed by atoms with Gasteiger partial charge >= 0.3 is 5.97 Å². The van der Waals surface area contributed by atoms with Crippen LogP contribution in [0.15, 0.2) is 24.3 Å². The van der Waals surface area contributed by atoms with E-state index in [-0.39, 0.29) is 13.0 Å². The van der Waals surface area contributed by atoms with Crippen molar-refractivity contribution in [2.24, 2.45) is 0 Å². The Hall–Kier alpha value is -1.66. The molecule has 1 aromatic carbocycles. The molecule has 2 aromatic rings. The molecule has 0 fully saturated rings. The minimum absolute atomic E-state index is 0.0315. The van der Waals surface area contributed by atoms with Crippen LogP contribution in [-0.4, -0.2) is 20.7 Å². The standard InChI is InChI=1S/C11H9ClN2O3S/c12-11-9(13-14-18-11)6-17-8-3-1-2-7(4-8)5-10(15)16/h1-4H,5-6H2,(H,15,16). The highest BCUT2D eigenvalue weighted by Gasteiger charge is 2.07. The lowest BCUT2D eigenvalue weighted by Crippen LogP contribution is -2.01. The summed E-state index contributed by atoms with van der Waals surface area (Å²) in [6.07, 6.45) is -0.0315. The summed E-state index contributed by atoms with van der Waals surface area (Å²) in [7, 11) is 0. The van der Waals surface area contributed by atoms with Crippen molar-refractivity contribution >= 4 is 29.1 Å². The van der Waals surface area contributed by atoms with E-state index in [1.807, 2.05) is 0 Å². The summed E-state index contributed by atoms with van der Waals surface area (Å²) in [5.41, 5.74) is 1.26. The number of aliphatic carboxylic acids is 1. The minimum atomic E-state index is -0.876. The van der Waals surface area contributed by atoms with Gasteiger partial charge in [-0.1, -0.05) is 28.2 Å². The zero-order valence-electron chi connectivity index (χ0n) is 9.17. The van der Waals surface area contributed by atoms with Crippen LogP contribution in [0, 0.1) is 0 Å². The average molecular weight is 285 g/mol. The Bertz CT molecular complexity index is 559. The molecule has 0 bridgehead atoms. The third-order valence-corrected chi connectivity index (χ3v) is 3.12. The van der Waals surface area contributed by atoms with Crippen LogP contribution < -0.4 is 4.74 Å². The zero-order valence-corrected chi connectivity index (χ0v) is 10.7. The molecule has 0 aliphatic heterocycles. The highest BCUT2D eigenvalue weighted by molar-refractivity contribution is 7.10. The molecule has 0 unspecified atom stereocenters. The molecule has 7 heteroatoms. The van der Waals surface area contributed by atoms with Gasteiger partial charge in [-0.3, -0.25) is 4.79 Å². The first-order chi connectivity index (χ1) is 8.65. The summed E-state index contributed by atoms with van der Waals surface area (Å²) < 4.78 is 9.67. The normalized spacial score (nSPS) is 10.3. The lowest BCUT2D eigenvalue weighted by atomic mass is 10.1. The summed E-state index contributed by atoms with van der Waals surface area (Å²) in [5, 5.41) is 12.5. The molecule has 0 saturated heterocycles. The SMILES string of the molecule is O=C(O)Cc1cccc(OCc2nnsc2Cl)c1. The number of halogens is 1. The number of ether oxygens (including phenoxy) is 1. The Balaban J connectivity index is 2.01. The highest BCUT2D eigenvalue weighted by Crippen LogP contribution is 2.20. The first kappa shape index (κ1) is 12.8. The van der Waals surface area contributed by atoms with E-state index < -0.39 is 5.97 Å². The topological polar surface area (TPSA) is 72.3 Å². The van der Waals surface area contributed by atoms with Gasteiger partial charge in [0.1, 0.15) is 22.4 Å². The Kier molecular flexibility index (Phi) is 4.11. The molecule has 1 aromatic heterocycles. The van der Waals surface area contributed by atoms with E-state index in [9.17, 15) is 4.79 Å².